The van der Waals surface area contributed by atoms with Crippen LogP contribution in [0.5, 0.6) is 11.6 Å². The average molecular weight is 285 g/mol. The van der Waals surface area contributed by atoms with E-state index in [1.54, 1.807) is 6.07 Å². The van der Waals surface area contributed by atoms with Crippen molar-refractivity contribution in [3.05, 3.63) is 50.2 Å². The monoisotopic (exact) mass is 285 g/mol. The van der Waals surface area contributed by atoms with Crippen molar-refractivity contribution in [1.82, 2.24) is 9.55 Å². The summed E-state index contributed by atoms with van der Waals surface area (Å²) in [6.45, 7) is 0. The fraction of sp³-hybridized carbons (Fsp3) is 0.0714. The first-order valence-corrected chi connectivity index (χ1v) is 6.09. The van der Waals surface area contributed by atoms with Crippen molar-refractivity contribution in [2.45, 2.75) is 0 Å². The van der Waals surface area contributed by atoms with E-state index in [2.05, 4.69) is 9.98 Å². The molecule has 2 heterocycles. The predicted octanol–water partition coefficient (Wildman–Crippen LogP) is 0.741. The highest BCUT2D eigenvalue weighted by molar-refractivity contribution is 6.21. The molecule has 0 aliphatic carbocycles. The first-order valence-electron chi connectivity index (χ1n) is 6.09. The van der Waals surface area contributed by atoms with Crippen molar-refractivity contribution in [1.29, 1.82) is 0 Å². The summed E-state index contributed by atoms with van der Waals surface area (Å²) < 4.78 is 0.934. The van der Waals surface area contributed by atoms with Gasteiger partial charge in [0.1, 0.15) is 11.3 Å². The van der Waals surface area contributed by atoms with Gasteiger partial charge in [-0.3, -0.25) is 19.3 Å². The Morgan fingerprint density at radius 3 is 2.81 bits per heavy atom. The minimum Gasteiger partial charge on any atom is -0.508 e. The van der Waals surface area contributed by atoms with E-state index in [1.807, 2.05) is 0 Å². The molecule has 1 aromatic carbocycles. The third-order valence-electron chi connectivity index (χ3n) is 3.26. The van der Waals surface area contributed by atoms with Gasteiger partial charge < -0.3 is 10.2 Å². The Morgan fingerprint density at radius 1 is 1.29 bits per heavy atom. The molecule has 0 fully saturated rings. The molecule has 0 radical (unpaired) electrons. The van der Waals surface area contributed by atoms with Crippen molar-refractivity contribution in [2.75, 3.05) is 0 Å². The molecule has 7 heteroatoms. The van der Waals surface area contributed by atoms with Crippen LogP contribution in [0.4, 0.5) is 5.69 Å². The number of aliphatic imine (C=N–C) groups is 1. The van der Waals surface area contributed by atoms with Crippen LogP contribution in [0.25, 0.3) is 11.6 Å². The van der Waals surface area contributed by atoms with Crippen LogP contribution in [-0.2, 0) is 7.05 Å². The Hall–Kier alpha value is -3.09. The summed E-state index contributed by atoms with van der Waals surface area (Å²) in [6.07, 6.45) is 2.94. The molecule has 3 N–H and O–H groups in total. The minimum absolute atomic E-state index is 0.0465. The molecule has 21 heavy (non-hydrogen) atoms. The molecule has 7 nitrogen and oxygen atoms in total. The second-order valence-electron chi connectivity index (χ2n) is 4.61. The number of hydrogen-bond donors (Lipinski definition) is 3. The highest BCUT2D eigenvalue weighted by atomic mass is 16.3. The maximum absolute atomic E-state index is 11.8. The predicted molar refractivity (Wildman–Crippen MR) is 78.1 cm³/mol. The van der Waals surface area contributed by atoms with Gasteiger partial charge in [0, 0.05) is 24.4 Å². The SMILES string of the molecule is Cn1c(O)c(/C=C2\C=Nc3ccc(O)cc32)c(=O)[nH]c1=O. The van der Waals surface area contributed by atoms with Gasteiger partial charge in [0.25, 0.3) is 5.56 Å². The second kappa shape index (κ2) is 4.48. The van der Waals surface area contributed by atoms with E-state index in [-0.39, 0.29) is 11.3 Å². The number of phenols is 1. The Labute approximate surface area is 118 Å². The van der Waals surface area contributed by atoms with Gasteiger partial charge in [0.05, 0.1) is 5.69 Å². The third kappa shape index (κ3) is 2.04. The molecule has 0 saturated heterocycles. The Morgan fingerprint density at radius 2 is 2.05 bits per heavy atom. The highest BCUT2D eigenvalue weighted by Crippen LogP contribution is 2.35. The number of aromatic nitrogens is 2. The van der Waals surface area contributed by atoms with Crippen LogP contribution in [0, 0.1) is 0 Å². The summed E-state index contributed by atoms with van der Waals surface area (Å²) in [4.78, 5) is 29.4. The number of H-pyrrole nitrogens is 1. The molecule has 0 spiro atoms. The summed E-state index contributed by atoms with van der Waals surface area (Å²) >= 11 is 0. The van der Waals surface area contributed by atoms with Crippen LogP contribution in [0.1, 0.15) is 11.1 Å². The van der Waals surface area contributed by atoms with Crippen LogP contribution in [-0.4, -0.2) is 26.0 Å². The third-order valence-corrected chi connectivity index (χ3v) is 3.26. The molecule has 0 atom stereocenters. The van der Waals surface area contributed by atoms with E-state index in [1.165, 1.54) is 31.5 Å². The lowest BCUT2D eigenvalue weighted by molar-refractivity contribution is 0.416. The topological polar surface area (TPSA) is 108 Å². The van der Waals surface area contributed by atoms with Crippen molar-refractivity contribution in [2.24, 2.45) is 12.0 Å². The van der Waals surface area contributed by atoms with Gasteiger partial charge in [-0.25, -0.2) is 4.79 Å². The Kier molecular flexibility index (Phi) is 2.76. The van der Waals surface area contributed by atoms with Gasteiger partial charge in [-0.05, 0) is 24.3 Å². The smallest absolute Gasteiger partial charge is 0.330 e. The lowest BCUT2D eigenvalue weighted by atomic mass is 10.0. The average Bonchev–Trinajstić information content (AvgIpc) is 2.83. The van der Waals surface area contributed by atoms with Gasteiger partial charge >= 0.3 is 5.69 Å². The maximum Gasteiger partial charge on any atom is 0.330 e. The summed E-state index contributed by atoms with van der Waals surface area (Å²) in [7, 11) is 1.35. The molecule has 0 bridgehead atoms. The number of nitrogens with zero attached hydrogens (tertiary/aromatic N) is 2. The fourth-order valence-electron chi connectivity index (χ4n) is 2.10. The summed E-state index contributed by atoms with van der Waals surface area (Å²) in [5.41, 5.74) is 0.417. The van der Waals surface area contributed by atoms with Crippen LogP contribution in [0.2, 0.25) is 0 Å². The van der Waals surface area contributed by atoms with Crippen molar-refractivity contribution < 1.29 is 10.2 Å². The van der Waals surface area contributed by atoms with Crippen LogP contribution < -0.4 is 11.2 Å². The molecule has 2 aromatic rings. The number of fused-ring (bicyclic) bond motifs is 1. The van der Waals surface area contributed by atoms with Crippen molar-refractivity contribution in [3.63, 3.8) is 0 Å². The maximum atomic E-state index is 11.8. The number of aromatic hydroxyl groups is 2. The zero-order valence-electron chi connectivity index (χ0n) is 11.0. The molecule has 3 rings (SSSR count). The fourth-order valence-corrected chi connectivity index (χ4v) is 2.10. The molecular formula is C14H11N3O4. The summed E-state index contributed by atoms with van der Waals surface area (Å²) in [5, 5.41) is 19.5. The number of hydrogen-bond acceptors (Lipinski definition) is 5. The Bertz CT molecular complexity index is 919. The summed E-state index contributed by atoms with van der Waals surface area (Å²) in [6, 6.07) is 4.67. The number of allylic oxidation sites excluding steroid dienone is 1. The van der Waals surface area contributed by atoms with E-state index in [9.17, 15) is 19.8 Å². The number of phenolic OH excluding ortho intramolecular Hbond substituents is 1. The molecule has 0 amide bonds. The second-order valence-corrected chi connectivity index (χ2v) is 4.61. The van der Waals surface area contributed by atoms with Gasteiger partial charge in [-0.15, -0.1) is 0 Å². The van der Waals surface area contributed by atoms with Gasteiger partial charge in [0.15, 0.2) is 0 Å². The summed E-state index contributed by atoms with van der Waals surface area (Å²) in [5.74, 6) is -0.359. The van der Waals surface area contributed by atoms with Crippen LogP contribution in [0.15, 0.2) is 32.8 Å². The zero-order chi connectivity index (χ0) is 15.1. The van der Waals surface area contributed by atoms with Crippen LogP contribution in [0.3, 0.4) is 0 Å². The first kappa shape index (κ1) is 12.9. The molecule has 1 aromatic heterocycles. The van der Waals surface area contributed by atoms with E-state index >= 15 is 0 Å². The van der Waals surface area contributed by atoms with Crippen LogP contribution >= 0.6 is 0 Å². The number of aromatic amines is 1. The zero-order valence-corrected chi connectivity index (χ0v) is 11.0. The number of rotatable bonds is 1. The highest BCUT2D eigenvalue weighted by Gasteiger charge is 2.16. The molecule has 1 aliphatic heterocycles. The van der Waals surface area contributed by atoms with E-state index in [4.69, 9.17) is 0 Å². The Balaban J connectivity index is 2.21. The molecule has 1 aliphatic rings. The van der Waals surface area contributed by atoms with Gasteiger partial charge in [-0.2, -0.15) is 0 Å². The van der Waals surface area contributed by atoms with Gasteiger partial charge in [-0.1, -0.05) is 0 Å². The molecule has 0 unspecified atom stereocenters. The molecule has 106 valence electrons. The number of benzene rings is 1. The van der Waals surface area contributed by atoms with E-state index in [0.717, 1.165) is 4.57 Å². The lowest BCUT2D eigenvalue weighted by Crippen LogP contribution is -2.29. The first-order chi connectivity index (χ1) is 9.97. The normalized spacial score (nSPS) is 14.6. The van der Waals surface area contributed by atoms with Crippen molar-refractivity contribution in [3.8, 4) is 11.6 Å². The molecule has 0 saturated carbocycles. The van der Waals surface area contributed by atoms with Gasteiger partial charge in [0.2, 0.25) is 5.88 Å². The lowest BCUT2D eigenvalue weighted by Gasteiger charge is -2.05. The minimum atomic E-state index is -0.696. The number of nitrogens with one attached hydrogen (secondary N) is 1. The van der Waals surface area contributed by atoms with Crippen molar-refractivity contribution >= 4 is 23.6 Å². The van der Waals surface area contributed by atoms with E-state index in [0.29, 0.717) is 16.8 Å². The molecular weight excluding hydrogens is 274 g/mol. The largest absolute Gasteiger partial charge is 0.508 e. The quantitative estimate of drug-likeness (QED) is 0.718. The standard InChI is InChI=1S/C14H11N3O4/c1-17-13(20)10(12(19)16-14(17)21)4-7-6-15-11-3-2-8(18)5-9(7)11/h2-6,18,20H,1H3,(H,16,19,21)/b7-4+. The van der Waals surface area contributed by atoms with E-state index < -0.39 is 17.1 Å².